The van der Waals surface area contributed by atoms with Crippen LogP contribution in [0.2, 0.25) is 5.02 Å². The molecule has 1 aromatic carbocycles. The fraction of sp³-hybridized carbons (Fsp3) is 0.500. The normalized spacial score (nSPS) is 13.5. The summed E-state index contributed by atoms with van der Waals surface area (Å²) in [6, 6.07) is 4.17. The summed E-state index contributed by atoms with van der Waals surface area (Å²) in [4.78, 5) is 0. The van der Waals surface area contributed by atoms with Gasteiger partial charge in [-0.2, -0.15) is 0 Å². The Labute approximate surface area is 104 Å². The van der Waals surface area contributed by atoms with E-state index < -0.39 is 6.36 Å². The summed E-state index contributed by atoms with van der Waals surface area (Å²) in [5.74, 6) is 0.117. The zero-order chi connectivity index (χ0) is 13.1. The van der Waals surface area contributed by atoms with Gasteiger partial charge in [0.15, 0.2) is 0 Å². The van der Waals surface area contributed by atoms with E-state index in [1.807, 2.05) is 13.8 Å². The Morgan fingerprint density at radius 1 is 1.35 bits per heavy atom. The van der Waals surface area contributed by atoms with Crippen LogP contribution in [-0.2, 0) is 6.42 Å². The molecule has 1 rings (SSSR count). The molecule has 0 saturated heterocycles. The van der Waals surface area contributed by atoms with Gasteiger partial charge in [-0.1, -0.05) is 31.9 Å². The van der Waals surface area contributed by atoms with Gasteiger partial charge in [0.2, 0.25) is 0 Å². The molecule has 0 heterocycles. The van der Waals surface area contributed by atoms with Crippen LogP contribution in [0.5, 0.6) is 5.75 Å². The maximum Gasteiger partial charge on any atom is 0.573 e. The first-order valence-corrected chi connectivity index (χ1v) is 5.73. The van der Waals surface area contributed by atoms with Crippen LogP contribution in [0.25, 0.3) is 0 Å². The van der Waals surface area contributed by atoms with E-state index >= 15 is 0 Å². The average molecular weight is 267 g/mol. The van der Waals surface area contributed by atoms with Gasteiger partial charge in [-0.25, -0.2) is 0 Å². The highest BCUT2D eigenvalue weighted by molar-refractivity contribution is 6.30. The lowest BCUT2D eigenvalue weighted by atomic mass is 9.98. The predicted octanol–water partition coefficient (Wildman–Crippen LogP) is 4.83. The van der Waals surface area contributed by atoms with Crippen LogP contribution < -0.4 is 4.74 Å². The molecule has 0 saturated carbocycles. The fourth-order valence-electron chi connectivity index (χ4n) is 1.45. The van der Waals surface area contributed by atoms with Crippen molar-refractivity contribution in [1.82, 2.24) is 0 Å². The first-order chi connectivity index (χ1) is 7.81. The summed E-state index contributed by atoms with van der Waals surface area (Å²) in [7, 11) is 0. The number of ether oxygens (including phenoxy) is 1. The first kappa shape index (κ1) is 14.2. The Kier molecular flexibility index (Phi) is 4.69. The van der Waals surface area contributed by atoms with Crippen molar-refractivity contribution >= 4 is 11.6 Å². The highest BCUT2D eigenvalue weighted by Crippen LogP contribution is 2.30. The molecule has 0 spiro atoms. The van der Waals surface area contributed by atoms with Crippen molar-refractivity contribution in [2.24, 2.45) is 5.92 Å². The number of hydrogen-bond donors (Lipinski definition) is 0. The topological polar surface area (TPSA) is 9.23 Å². The Hall–Kier alpha value is -0.900. The van der Waals surface area contributed by atoms with Crippen molar-refractivity contribution in [3.05, 3.63) is 28.8 Å². The molecule has 17 heavy (non-hydrogen) atoms. The summed E-state index contributed by atoms with van der Waals surface area (Å²) in [5, 5.41) is 0.415. The molecule has 0 radical (unpaired) electrons. The van der Waals surface area contributed by atoms with Crippen molar-refractivity contribution in [3.63, 3.8) is 0 Å². The summed E-state index contributed by atoms with van der Waals surface area (Å²) in [5.41, 5.74) is 0.490. The van der Waals surface area contributed by atoms with E-state index in [1.54, 1.807) is 0 Å². The van der Waals surface area contributed by atoms with Gasteiger partial charge in [0, 0.05) is 5.02 Å². The average Bonchev–Trinajstić information content (AvgIpc) is 2.20. The number of halogens is 4. The number of rotatable bonds is 4. The molecule has 0 aliphatic carbocycles. The van der Waals surface area contributed by atoms with Gasteiger partial charge >= 0.3 is 6.36 Å². The Morgan fingerprint density at radius 2 is 2.00 bits per heavy atom. The second kappa shape index (κ2) is 5.63. The van der Waals surface area contributed by atoms with E-state index in [4.69, 9.17) is 11.6 Å². The Balaban J connectivity index is 2.95. The largest absolute Gasteiger partial charge is 0.573 e. The van der Waals surface area contributed by atoms with E-state index in [1.165, 1.54) is 18.2 Å². The molecular formula is C12H14ClF3O. The van der Waals surface area contributed by atoms with Gasteiger partial charge in [-0.3, -0.25) is 0 Å². The van der Waals surface area contributed by atoms with E-state index in [-0.39, 0.29) is 11.7 Å². The minimum atomic E-state index is -4.67. The molecule has 1 aromatic rings. The maximum atomic E-state index is 12.2. The molecule has 1 unspecified atom stereocenters. The lowest BCUT2D eigenvalue weighted by Gasteiger charge is -2.15. The SMILES string of the molecule is CCC(C)Cc1cc(Cl)ccc1OC(F)(F)F. The fourth-order valence-corrected chi connectivity index (χ4v) is 1.65. The number of hydrogen-bond acceptors (Lipinski definition) is 1. The highest BCUT2D eigenvalue weighted by Gasteiger charge is 2.32. The zero-order valence-electron chi connectivity index (χ0n) is 9.64. The molecule has 0 amide bonds. The minimum absolute atomic E-state index is 0.165. The van der Waals surface area contributed by atoms with Gasteiger partial charge in [0.1, 0.15) is 5.75 Å². The van der Waals surface area contributed by atoms with Crippen LogP contribution in [-0.4, -0.2) is 6.36 Å². The monoisotopic (exact) mass is 266 g/mol. The van der Waals surface area contributed by atoms with Gasteiger partial charge in [0.05, 0.1) is 0 Å². The summed E-state index contributed by atoms with van der Waals surface area (Å²) < 4.78 is 40.5. The molecule has 5 heteroatoms. The third-order valence-corrected chi connectivity index (χ3v) is 2.75. The molecule has 96 valence electrons. The molecular weight excluding hydrogens is 253 g/mol. The molecule has 0 N–H and O–H groups in total. The number of alkyl halides is 3. The molecule has 0 aliphatic heterocycles. The van der Waals surface area contributed by atoms with Crippen LogP contribution in [0.3, 0.4) is 0 Å². The number of benzene rings is 1. The molecule has 0 aromatic heterocycles. The molecule has 0 fully saturated rings. The highest BCUT2D eigenvalue weighted by atomic mass is 35.5. The van der Waals surface area contributed by atoms with Crippen molar-refractivity contribution in [1.29, 1.82) is 0 Å². The second-order valence-corrected chi connectivity index (χ2v) is 4.45. The minimum Gasteiger partial charge on any atom is -0.406 e. The van der Waals surface area contributed by atoms with Gasteiger partial charge in [-0.15, -0.1) is 13.2 Å². The third kappa shape index (κ3) is 4.86. The van der Waals surface area contributed by atoms with Crippen molar-refractivity contribution in [2.45, 2.75) is 33.1 Å². The van der Waals surface area contributed by atoms with Crippen molar-refractivity contribution in [2.75, 3.05) is 0 Å². The van der Waals surface area contributed by atoms with Crippen LogP contribution in [0.4, 0.5) is 13.2 Å². The van der Waals surface area contributed by atoms with E-state index in [0.29, 0.717) is 17.0 Å². The second-order valence-electron chi connectivity index (χ2n) is 4.02. The smallest absolute Gasteiger partial charge is 0.406 e. The maximum absolute atomic E-state index is 12.2. The molecule has 1 nitrogen and oxygen atoms in total. The third-order valence-electron chi connectivity index (χ3n) is 2.51. The lowest BCUT2D eigenvalue weighted by Crippen LogP contribution is -2.18. The van der Waals surface area contributed by atoms with Gasteiger partial charge < -0.3 is 4.74 Å². The lowest BCUT2D eigenvalue weighted by molar-refractivity contribution is -0.274. The quantitative estimate of drug-likeness (QED) is 0.759. The summed E-state index contributed by atoms with van der Waals surface area (Å²) in [6.07, 6.45) is -3.27. The van der Waals surface area contributed by atoms with E-state index in [0.717, 1.165) is 6.42 Å². The van der Waals surface area contributed by atoms with Gasteiger partial charge in [0.25, 0.3) is 0 Å². The Morgan fingerprint density at radius 3 is 2.53 bits per heavy atom. The van der Waals surface area contributed by atoms with Crippen LogP contribution in [0.1, 0.15) is 25.8 Å². The summed E-state index contributed by atoms with van der Waals surface area (Å²) >= 11 is 5.78. The molecule has 0 aliphatic rings. The van der Waals surface area contributed by atoms with Crippen LogP contribution in [0, 0.1) is 5.92 Å². The standard InChI is InChI=1S/C12H14ClF3O/c1-3-8(2)6-9-7-10(13)4-5-11(9)17-12(14,15)16/h4-5,7-8H,3,6H2,1-2H3. The molecule has 1 atom stereocenters. The van der Waals surface area contributed by atoms with Crippen LogP contribution in [0.15, 0.2) is 18.2 Å². The van der Waals surface area contributed by atoms with Crippen LogP contribution >= 0.6 is 11.6 Å². The van der Waals surface area contributed by atoms with Gasteiger partial charge in [-0.05, 0) is 36.1 Å². The summed E-state index contributed by atoms with van der Waals surface area (Å²) in [6.45, 7) is 3.96. The zero-order valence-corrected chi connectivity index (χ0v) is 10.4. The van der Waals surface area contributed by atoms with Crippen molar-refractivity contribution < 1.29 is 17.9 Å². The Bertz CT molecular complexity index is 377. The van der Waals surface area contributed by atoms with E-state index in [9.17, 15) is 13.2 Å². The molecule has 0 bridgehead atoms. The first-order valence-electron chi connectivity index (χ1n) is 5.36. The van der Waals surface area contributed by atoms with E-state index in [2.05, 4.69) is 4.74 Å². The predicted molar refractivity (Wildman–Crippen MR) is 61.3 cm³/mol. The van der Waals surface area contributed by atoms with Crippen molar-refractivity contribution in [3.8, 4) is 5.75 Å².